The van der Waals surface area contributed by atoms with E-state index < -0.39 is 11.9 Å². The first-order chi connectivity index (χ1) is 9.99. The molecule has 0 saturated carbocycles. The van der Waals surface area contributed by atoms with Crippen molar-refractivity contribution in [1.29, 1.82) is 0 Å². The fraction of sp³-hybridized carbons (Fsp3) is 0.0714. The van der Waals surface area contributed by atoms with Crippen molar-refractivity contribution >= 4 is 34.6 Å². The average molecular weight is 303 g/mol. The number of nitrogens with two attached hydrogens (primary N) is 2. The molecule has 6 nitrogen and oxygen atoms in total. The largest absolute Gasteiger partial charge is 0.369 e. The number of nitrogens with one attached hydrogen (secondary N) is 1. The van der Waals surface area contributed by atoms with Gasteiger partial charge in [-0.2, -0.15) is 0 Å². The normalized spacial score (nSPS) is 10.1. The predicted octanol–water partition coefficient (Wildman–Crippen LogP) is 1.75. The van der Waals surface area contributed by atoms with E-state index in [0.29, 0.717) is 16.1 Å². The van der Waals surface area contributed by atoms with Crippen LogP contribution >= 0.6 is 11.3 Å². The van der Waals surface area contributed by atoms with Crippen LogP contribution in [0.25, 0.3) is 10.4 Å². The summed E-state index contributed by atoms with van der Waals surface area (Å²) in [5.41, 5.74) is 12.3. The van der Waals surface area contributed by atoms with Gasteiger partial charge in [0.2, 0.25) is 5.91 Å². The monoisotopic (exact) mass is 303 g/mol. The zero-order valence-electron chi connectivity index (χ0n) is 11.0. The van der Waals surface area contributed by atoms with Crippen molar-refractivity contribution in [1.82, 2.24) is 0 Å². The zero-order chi connectivity index (χ0) is 15.4. The van der Waals surface area contributed by atoms with Crippen LogP contribution in [0.2, 0.25) is 0 Å². The van der Waals surface area contributed by atoms with Crippen LogP contribution in [-0.4, -0.2) is 18.2 Å². The quantitative estimate of drug-likeness (QED) is 0.731. The Balaban J connectivity index is 2.43. The Morgan fingerprint density at radius 1 is 1.24 bits per heavy atom. The van der Waals surface area contributed by atoms with Gasteiger partial charge in [0.1, 0.15) is 11.3 Å². The number of amides is 3. The molecular weight excluding hydrogens is 290 g/mol. The number of aldehydes is 1. The fourth-order valence-corrected chi connectivity index (χ4v) is 2.95. The average Bonchev–Trinajstić information content (AvgIpc) is 2.80. The van der Waals surface area contributed by atoms with Gasteiger partial charge >= 0.3 is 6.03 Å². The molecule has 7 heteroatoms. The van der Waals surface area contributed by atoms with Gasteiger partial charge in [0, 0.05) is 10.4 Å². The van der Waals surface area contributed by atoms with Gasteiger partial charge in [0.15, 0.2) is 0 Å². The summed E-state index contributed by atoms with van der Waals surface area (Å²) >= 11 is 1.27. The first kappa shape index (κ1) is 14.7. The Kier molecular flexibility index (Phi) is 4.34. The molecule has 0 radical (unpaired) electrons. The minimum Gasteiger partial charge on any atom is -0.369 e. The number of carbonyl (C=O) groups excluding carboxylic acids is 3. The van der Waals surface area contributed by atoms with Crippen LogP contribution in [0.1, 0.15) is 15.9 Å². The van der Waals surface area contributed by atoms with Crippen molar-refractivity contribution in [2.45, 2.75) is 6.42 Å². The smallest absolute Gasteiger partial charge is 0.317 e. The number of thiophene rings is 1. The third kappa shape index (κ3) is 3.67. The Labute approximate surface area is 124 Å². The molecule has 5 N–H and O–H groups in total. The number of hydrogen-bond acceptors (Lipinski definition) is 4. The van der Waals surface area contributed by atoms with E-state index >= 15 is 0 Å². The van der Waals surface area contributed by atoms with Crippen molar-refractivity contribution in [2.75, 3.05) is 5.32 Å². The topological polar surface area (TPSA) is 115 Å². The SMILES string of the molecule is NC(=O)Cc1cc(-c2cccc(C=O)c2)sc1NC(N)=O. The van der Waals surface area contributed by atoms with Crippen LogP contribution in [-0.2, 0) is 11.2 Å². The van der Waals surface area contributed by atoms with Gasteiger partial charge in [-0.05, 0) is 23.3 Å². The predicted molar refractivity (Wildman–Crippen MR) is 81.2 cm³/mol. The second kappa shape index (κ2) is 6.19. The van der Waals surface area contributed by atoms with E-state index in [0.717, 1.165) is 16.7 Å². The van der Waals surface area contributed by atoms with Crippen LogP contribution < -0.4 is 16.8 Å². The molecule has 0 unspecified atom stereocenters. The molecule has 0 aliphatic heterocycles. The summed E-state index contributed by atoms with van der Waals surface area (Å²) in [6, 6.07) is 8.05. The van der Waals surface area contributed by atoms with Gasteiger partial charge in [-0.1, -0.05) is 18.2 Å². The van der Waals surface area contributed by atoms with Crippen molar-refractivity contribution in [3.63, 3.8) is 0 Å². The number of primary amides is 2. The minimum absolute atomic E-state index is 0.000511. The van der Waals surface area contributed by atoms with E-state index in [1.165, 1.54) is 11.3 Å². The molecule has 1 aromatic heterocycles. The summed E-state index contributed by atoms with van der Waals surface area (Å²) in [5, 5.41) is 2.96. The summed E-state index contributed by atoms with van der Waals surface area (Å²) < 4.78 is 0. The Morgan fingerprint density at radius 2 is 2.00 bits per heavy atom. The Morgan fingerprint density at radius 3 is 2.62 bits per heavy atom. The van der Waals surface area contributed by atoms with Crippen molar-refractivity contribution in [3.8, 4) is 10.4 Å². The maximum Gasteiger partial charge on any atom is 0.317 e. The maximum absolute atomic E-state index is 11.1. The lowest BCUT2D eigenvalue weighted by molar-refractivity contribution is -0.117. The molecule has 3 amide bonds. The second-order valence-electron chi connectivity index (χ2n) is 4.34. The van der Waals surface area contributed by atoms with E-state index in [1.54, 1.807) is 24.3 Å². The highest BCUT2D eigenvalue weighted by atomic mass is 32.1. The number of anilines is 1. The van der Waals surface area contributed by atoms with Crippen LogP contribution in [0, 0.1) is 0 Å². The van der Waals surface area contributed by atoms with E-state index in [2.05, 4.69) is 5.32 Å². The molecular formula is C14H13N3O3S. The fourth-order valence-electron chi connectivity index (χ4n) is 1.87. The van der Waals surface area contributed by atoms with Gasteiger partial charge in [0.25, 0.3) is 0 Å². The van der Waals surface area contributed by atoms with E-state index in [-0.39, 0.29) is 6.42 Å². The van der Waals surface area contributed by atoms with E-state index in [1.807, 2.05) is 6.07 Å². The first-order valence-corrected chi connectivity index (χ1v) is 6.84. The number of urea groups is 1. The maximum atomic E-state index is 11.1. The number of benzene rings is 1. The highest BCUT2D eigenvalue weighted by molar-refractivity contribution is 7.19. The number of carbonyl (C=O) groups is 3. The lowest BCUT2D eigenvalue weighted by atomic mass is 10.1. The molecule has 0 bridgehead atoms. The summed E-state index contributed by atoms with van der Waals surface area (Å²) in [6.07, 6.45) is 0.753. The van der Waals surface area contributed by atoms with Crippen LogP contribution in [0.5, 0.6) is 0 Å². The van der Waals surface area contributed by atoms with Crippen LogP contribution in [0.3, 0.4) is 0 Å². The molecule has 0 fully saturated rings. The second-order valence-corrected chi connectivity index (χ2v) is 5.39. The molecule has 1 heterocycles. The van der Waals surface area contributed by atoms with E-state index in [9.17, 15) is 14.4 Å². The number of hydrogen-bond donors (Lipinski definition) is 3. The summed E-state index contributed by atoms with van der Waals surface area (Å²) in [5.74, 6) is -0.506. The van der Waals surface area contributed by atoms with Crippen molar-refractivity contribution in [3.05, 3.63) is 41.5 Å². The molecule has 2 rings (SSSR count). The molecule has 21 heavy (non-hydrogen) atoms. The third-order valence-electron chi connectivity index (χ3n) is 2.72. The Hall–Kier alpha value is -2.67. The molecule has 2 aromatic rings. The lowest BCUT2D eigenvalue weighted by Gasteiger charge is -2.00. The lowest BCUT2D eigenvalue weighted by Crippen LogP contribution is -2.20. The molecule has 0 saturated heterocycles. The molecule has 0 aliphatic rings. The van der Waals surface area contributed by atoms with Gasteiger partial charge in [0.05, 0.1) is 6.42 Å². The molecule has 1 aromatic carbocycles. The molecule has 0 aliphatic carbocycles. The first-order valence-electron chi connectivity index (χ1n) is 6.02. The van der Waals surface area contributed by atoms with Gasteiger partial charge in [-0.25, -0.2) is 4.79 Å². The van der Waals surface area contributed by atoms with E-state index in [4.69, 9.17) is 11.5 Å². The van der Waals surface area contributed by atoms with Crippen LogP contribution in [0.15, 0.2) is 30.3 Å². The molecule has 0 spiro atoms. The van der Waals surface area contributed by atoms with Crippen molar-refractivity contribution in [2.24, 2.45) is 11.5 Å². The standard InChI is InChI=1S/C14H13N3O3S/c15-12(19)6-10-5-11(21-13(10)17-14(16)20)9-3-1-2-8(4-9)7-18/h1-5,7H,6H2,(H2,15,19)(H3,16,17,20). The molecule has 0 atom stereocenters. The zero-order valence-corrected chi connectivity index (χ0v) is 11.8. The highest BCUT2D eigenvalue weighted by Crippen LogP contribution is 2.35. The third-order valence-corrected chi connectivity index (χ3v) is 3.86. The Bertz CT molecular complexity index is 676. The van der Waals surface area contributed by atoms with Gasteiger partial charge in [-0.15, -0.1) is 11.3 Å². The summed E-state index contributed by atoms with van der Waals surface area (Å²) in [6.45, 7) is 0. The number of rotatable bonds is 5. The van der Waals surface area contributed by atoms with Gasteiger partial charge in [-0.3, -0.25) is 14.9 Å². The van der Waals surface area contributed by atoms with Gasteiger partial charge < -0.3 is 11.5 Å². The summed E-state index contributed by atoms with van der Waals surface area (Å²) in [4.78, 5) is 33.7. The highest BCUT2D eigenvalue weighted by Gasteiger charge is 2.14. The summed E-state index contributed by atoms with van der Waals surface area (Å²) in [7, 11) is 0. The van der Waals surface area contributed by atoms with Crippen molar-refractivity contribution < 1.29 is 14.4 Å². The minimum atomic E-state index is -0.712. The molecule has 108 valence electrons. The van der Waals surface area contributed by atoms with Crippen LogP contribution in [0.4, 0.5) is 9.80 Å².